The molecule has 0 saturated heterocycles. The van der Waals surface area contributed by atoms with Gasteiger partial charge in [0.25, 0.3) is 5.89 Å². The van der Waals surface area contributed by atoms with Crippen molar-refractivity contribution >= 4 is 0 Å². The molecule has 5 heteroatoms. The van der Waals surface area contributed by atoms with Gasteiger partial charge >= 0.3 is 0 Å². The van der Waals surface area contributed by atoms with Crippen LogP contribution in [0.1, 0.15) is 48.6 Å². The minimum atomic E-state index is -0.0484. The van der Waals surface area contributed by atoms with Crippen LogP contribution < -0.4 is 5.32 Å². The molecule has 5 rings (SSSR count). The summed E-state index contributed by atoms with van der Waals surface area (Å²) in [4.78, 5) is 4.69. The summed E-state index contributed by atoms with van der Waals surface area (Å²) in [5.41, 5.74) is 2.63. The van der Waals surface area contributed by atoms with Crippen molar-refractivity contribution < 1.29 is 4.52 Å². The lowest BCUT2D eigenvalue weighted by atomic mass is 9.68. The molecule has 1 N–H and O–H groups in total. The lowest BCUT2D eigenvalue weighted by Crippen LogP contribution is -2.45. The Hall–Kier alpha value is -2.97. The molecule has 2 saturated carbocycles. The average molecular weight is 370 g/mol. The Kier molecular flexibility index (Phi) is 4.22. The van der Waals surface area contributed by atoms with Crippen LogP contribution in [-0.4, -0.2) is 22.7 Å². The molecule has 0 aliphatic heterocycles. The van der Waals surface area contributed by atoms with E-state index in [1.165, 1.54) is 18.4 Å². The average Bonchev–Trinajstić information content (AvgIpc) is 3.33. The first kappa shape index (κ1) is 17.2. The third kappa shape index (κ3) is 3.00. The number of benzene rings is 2. The van der Waals surface area contributed by atoms with Crippen molar-refractivity contribution in [2.75, 3.05) is 6.54 Å². The Morgan fingerprint density at radius 2 is 1.89 bits per heavy atom. The van der Waals surface area contributed by atoms with Crippen LogP contribution in [0.2, 0.25) is 0 Å². The van der Waals surface area contributed by atoms with Crippen molar-refractivity contribution in [3.05, 3.63) is 71.5 Å². The van der Waals surface area contributed by atoms with Crippen LogP contribution in [0.15, 0.2) is 59.1 Å². The third-order valence-electron chi connectivity index (χ3n) is 6.21. The molecule has 3 aromatic rings. The number of rotatable bonds is 6. The quantitative estimate of drug-likeness (QED) is 0.705. The Morgan fingerprint density at radius 1 is 1.11 bits per heavy atom. The highest BCUT2D eigenvalue weighted by atomic mass is 16.5. The van der Waals surface area contributed by atoms with Gasteiger partial charge in [-0.2, -0.15) is 10.2 Å². The van der Waals surface area contributed by atoms with Crippen LogP contribution in [0.25, 0.3) is 11.5 Å². The first-order chi connectivity index (χ1) is 13.8. The highest BCUT2D eigenvalue weighted by Gasteiger charge is 2.46. The van der Waals surface area contributed by atoms with Crippen LogP contribution in [0.4, 0.5) is 0 Å². The van der Waals surface area contributed by atoms with Gasteiger partial charge in [0.1, 0.15) is 0 Å². The van der Waals surface area contributed by atoms with E-state index >= 15 is 0 Å². The molecule has 0 bridgehead atoms. The predicted molar refractivity (Wildman–Crippen MR) is 106 cm³/mol. The Morgan fingerprint density at radius 3 is 2.64 bits per heavy atom. The number of hydrogen-bond donors (Lipinski definition) is 1. The first-order valence-corrected chi connectivity index (χ1v) is 9.91. The van der Waals surface area contributed by atoms with Crippen LogP contribution in [0.3, 0.4) is 0 Å². The van der Waals surface area contributed by atoms with Crippen LogP contribution in [-0.2, 0) is 5.41 Å². The zero-order valence-electron chi connectivity index (χ0n) is 15.6. The summed E-state index contributed by atoms with van der Waals surface area (Å²) >= 11 is 0. The largest absolute Gasteiger partial charge is 0.334 e. The Labute approximate surface area is 164 Å². The molecule has 2 fully saturated rings. The molecule has 140 valence electrons. The second-order valence-electron chi connectivity index (χ2n) is 7.95. The van der Waals surface area contributed by atoms with Gasteiger partial charge in [0.15, 0.2) is 5.82 Å². The van der Waals surface area contributed by atoms with Gasteiger partial charge in [-0.05, 0) is 37.0 Å². The summed E-state index contributed by atoms with van der Waals surface area (Å²) in [6, 6.07) is 20.8. The third-order valence-corrected chi connectivity index (χ3v) is 6.21. The van der Waals surface area contributed by atoms with Gasteiger partial charge in [-0.3, -0.25) is 0 Å². The van der Waals surface area contributed by atoms with Crippen LogP contribution in [0.5, 0.6) is 0 Å². The van der Waals surface area contributed by atoms with Crippen molar-refractivity contribution in [3.8, 4) is 17.5 Å². The van der Waals surface area contributed by atoms with Gasteiger partial charge in [0.2, 0.25) is 0 Å². The fraction of sp³-hybridized carbons (Fsp3) is 0.348. The number of nitriles is 1. The molecule has 2 aromatic carbocycles. The van der Waals surface area contributed by atoms with Crippen molar-refractivity contribution in [1.29, 1.82) is 5.26 Å². The molecular weight excluding hydrogens is 348 g/mol. The summed E-state index contributed by atoms with van der Waals surface area (Å²) in [5, 5.41) is 17.4. The summed E-state index contributed by atoms with van der Waals surface area (Å²) in [7, 11) is 0. The summed E-state index contributed by atoms with van der Waals surface area (Å²) in [6.45, 7) is 0.875. The van der Waals surface area contributed by atoms with Crippen LogP contribution >= 0.6 is 0 Å². The van der Waals surface area contributed by atoms with Gasteiger partial charge in [-0.1, -0.05) is 54.0 Å². The molecule has 28 heavy (non-hydrogen) atoms. The van der Waals surface area contributed by atoms with E-state index in [0.717, 1.165) is 25.2 Å². The number of aromatic nitrogens is 2. The van der Waals surface area contributed by atoms with E-state index in [9.17, 15) is 5.26 Å². The molecule has 5 nitrogen and oxygen atoms in total. The van der Waals surface area contributed by atoms with Gasteiger partial charge in [-0.15, -0.1) is 0 Å². The standard InChI is InChI=1S/C23H22N4O/c24-14-17-9-4-5-10-18(17)21-26-22(27-28-21)23(11-6-12-23)15-25-20-13-19(20)16-7-2-1-3-8-16/h1-5,7-10,19-20,25H,6,11-13,15H2. The molecule has 2 unspecified atom stereocenters. The second kappa shape index (κ2) is 6.88. The number of hydrogen-bond acceptors (Lipinski definition) is 5. The van der Waals surface area contributed by atoms with E-state index in [1.54, 1.807) is 6.07 Å². The van der Waals surface area contributed by atoms with Gasteiger partial charge in [0.05, 0.1) is 17.2 Å². The van der Waals surface area contributed by atoms with Crippen molar-refractivity contribution in [2.45, 2.75) is 43.1 Å². The van der Waals surface area contributed by atoms with E-state index in [-0.39, 0.29) is 5.41 Å². The van der Waals surface area contributed by atoms with E-state index in [0.29, 0.717) is 29.0 Å². The lowest BCUT2D eigenvalue weighted by Gasteiger charge is -2.39. The predicted octanol–water partition coefficient (Wildman–Crippen LogP) is 4.18. The van der Waals surface area contributed by atoms with Gasteiger partial charge < -0.3 is 9.84 Å². The Bertz CT molecular complexity index is 1020. The normalized spacial score (nSPS) is 22.2. The first-order valence-electron chi connectivity index (χ1n) is 9.91. The molecule has 0 radical (unpaired) electrons. The number of nitrogens with one attached hydrogen (secondary N) is 1. The molecule has 0 spiro atoms. The summed E-state index contributed by atoms with van der Waals surface area (Å²) < 4.78 is 5.55. The highest BCUT2D eigenvalue weighted by molar-refractivity contribution is 5.62. The summed E-state index contributed by atoms with van der Waals surface area (Å²) in [5.74, 6) is 1.82. The highest BCUT2D eigenvalue weighted by Crippen LogP contribution is 2.45. The smallest absolute Gasteiger partial charge is 0.259 e. The minimum Gasteiger partial charge on any atom is -0.334 e. The zero-order valence-corrected chi connectivity index (χ0v) is 15.6. The Balaban J connectivity index is 1.30. The van der Waals surface area contributed by atoms with E-state index in [1.807, 2.05) is 18.2 Å². The number of nitrogens with zero attached hydrogens (tertiary/aromatic N) is 3. The van der Waals surface area contributed by atoms with Crippen LogP contribution in [0, 0.1) is 11.3 Å². The fourth-order valence-corrected chi connectivity index (χ4v) is 4.21. The van der Waals surface area contributed by atoms with Crippen molar-refractivity contribution in [1.82, 2.24) is 15.5 Å². The van der Waals surface area contributed by atoms with Gasteiger partial charge in [-0.25, -0.2) is 0 Å². The topological polar surface area (TPSA) is 74.7 Å². The lowest BCUT2D eigenvalue weighted by molar-refractivity contribution is 0.211. The zero-order chi connectivity index (χ0) is 19.0. The minimum absolute atomic E-state index is 0.0484. The molecule has 2 atom stereocenters. The van der Waals surface area contributed by atoms with E-state index < -0.39 is 0 Å². The molecule has 0 amide bonds. The second-order valence-corrected chi connectivity index (χ2v) is 7.95. The fourth-order valence-electron chi connectivity index (χ4n) is 4.21. The monoisotopic (exact) mass is 370 g/mol. The molecule has 1 heterocycles. The molecule has 2 aliphatic rings. The van der Waals surface area contributed by atoms with E-state index in [2.05, 4.69) is 51.9 Å². The van der Waals surface area contributed by atoms with Crippen molar-refractivity contribution in [2.24, 2.45) is 0 Å². The molecule has 1 aromatic heterocycles. The molecular formula is C23H22N4O. The summed E-state index contributed by atoms with van der Waals surface area (Å²) in [6.07, 6.45) is 4.52. The maximum absolute atomic E-state index is 9.32. The maximum Gasteiger partial charge on any atom is 0.259 e. The molecule has 2 aliphatic carbocycles. The van der Waals surface area contributed by atoms with Gasteiger partial charge in [0, 0.05) is 23.9 Å². The SMILES string of the molecule is N#Cc1ccccc1-c1nc(C2(CNC3CC3c3ccccc3)CCC2)no1. The maximum atomic E-state index is 9.32. The van der Waals surface area contributed by atoms with Crippen molar-refractivity contribution in [3.63, 3.8) is 0 Å². The van der Waals surface area contributed by atoms with E-state index in [4.69, 9.17) is 4.52 Å².